The lowest BCUT2D eigenvalue weighted by Crippen LogP contribution is -2.57. The minimum Gasteiger partial charge on any atom is -0.481 e. The molecule has 3 aromatic carbocycles. The lowest BCUT2D eigenvalue weighted by molar-refractivity contribution is -0.141. The molecule has 0 bridgehead atoms. The molecule has 5 rings (SSSR count). The van der Waals surface area contributed by atoms with Crippen LogP contribution in [0.15, 0.2) is 83.5 Å². The van der Waals surface area contributed by atoms with Gasteiger partial charge in [0.2, 0.25) is 17.6 Å². The molecule has 4 aromatic rings. The highest BCUT2D eigenvalue weighted by atomic mass is 35.5. The zero-order valence-electron chi connectivity index (χ0n) is 26.7. The molecule has 254 valence electrons. The number of fused-ring (bicyclic) bond motifs is 1. The number of carbonyl (C=O) groups is 5. The summed E-state index contributed by atoms with van der Waals surface area (Å²) in [6, 6.07) is 17.9. The van der Waals surface area contributed by atoms with E-state index in [0.29, 0.717) is 34.0 Å². The van der Waals surface area contributed by atoms with Gasteiger partial charge in [-0.3, -0.25) is 24.0 Å². The first-order valence-corrected chi connectivity index (χ1v) is 16.4. The van der Waals surface area contributed by atoms with Gasteiger partial charge < -0.3 is 25.1 Å². The molecule has 1 aromatic heterocycles. The number of nitrogens with one attached hydrogen (secondary N) is 2. The van der Waals surface area contributed by atoms with Crippen molar-refractivity contribution < 1.29 is 33.5 Å². The molecule has 0 fully saturated rings. The monoisotopic (exact) mass is 704 g/mol. The van der Waals surface area contributed by atoms with Crippen LogP contribution in [0, 0.1) is 5.92 Å². The standard InChI is InChI=1S/C36H34Cl2N4O7/c1-20(2)32(41-34(47)21-8-4-3-5-9-21)36(48)42(27-14-22-10-6-7-11-23(22)15-27)18-30(43)39-28(17-31(44)45)33(46)35-40-29(19-49-35)24-12-25(37)16-26(38)13-24/h3-13,16,19-20,27-28,32H,14-15,17-18H2,1-2H3,(H,39,43)(H,41,47)(H,44,45)/t28?,32-/m0/s1. The van der Waals surface area contributed by atoms with E-state index in [-0.39, 0.29) is 11.6 Å². The molecule has 1 unspecified atom stereocenters. The predicted octanol–water partition coefficient (Wildman–Crippen LogP) is 5.24. The summed E-state index contributed by atoms with van der Waals surface area (Å²) in [5.74, 6) is -4.69. The smallest absolute Gasteiger partial charge is 0.305 e. The molecule has 49 heavy (non-hydrogen) atoms. The number of Topliss-reactive ketones (excluding diaryl/α,β-unsaturated/α-hetero) is 1. The highest BCUT2D eigenvalue weighted by Crippen LogP contribution is 2.28. The van der Waals surface area contributed by atoms with Gasteiger partial charge >= 0.3 is 5.97 Å². The van der Waals surface area contributed by atoms with Crippen LogP contribution in [0.25, 0.3) is 11.3 Å². The van der Waals surface area contributed by atoms with Crippen molar-refractivity contribution in [2.45, 2.75) is 51.2 Å². The summed E-state index contributed by atoms with van der Waals surface area (Å²) in [6.45, 7) is 3.08. The number of aliphatic carboxylic acids is 1. The topological polar surface area (TPSA) is 159 Å². The van der Waals surface area contributed by atoms with Gasteiger partial charge in [0.05, 0.1) is 13.0 Å². The second kappa shape index (κ2) is 15.5. The number of nitrogens with zero attached hydrogens (tertiary/aromatic N) is 2. The van der Waals surface area contributed by atoms with Crippen LogP contribution >= 0.6 is 23.2 Å². The summed E-state index contributed by atoms with van der Waals surface area (Å²) in [5.41, 5.74) is 3.12. The summed E-state index contributed by atoms with van der Waals surface area (Å²) in [6.07, 6.45) is 1.37. The second-order valence-corrected chi connectivity index (χ2v) is 13.0. The highest BCUT2D eigenvalue weighted by Gasteiger charge is 2.38. The number of ketones is 1. The van der Waals surface area contributed by atoms with Crippen LogP contribution in [0.2, 0.25) is 10.0 Å². The van der Waals surface area contributed by atoms with E-state index < -0.39 is 66.5 Å². The van der Waals surface area contributed by atoms with Crippen molar-refractivity contribution >= 4 is 52.7 Å². The predicted molar refractivity (Wildman–Crippen MR) is 182 cm³/mol. The average Bonchev–Trinajstić information content (AvgIpc) is 3.73. The van der Waals surface area contributed by atoms with Gasteiger partial charge in [0.15, 0.2) is 0 Å². The lowest BCUT2D eigenvalue weighted by Gasteiger charge is -2.34. The third kappa shape index (κ3) is 8.73. The molecule has 1 heterocycles. The number of oxazole rings is 1. The average molecular weight is 706 g/mol. The zero-order chi connectivity index (χ0) is 35.2. The fourth-order valence-corrected chi connectivity index (χ4v) is 6.32. The first-order chi connectivity index (χ1) is 23.4. The fraction of sp³-hybridized carbons (Fsp3) is 0.278. The Morgan fingerprint density at radius 2 is 1.53 bits per heavy atom. The number of carbonyl (C=O) groups excluding carboxylic acids is 4. The van der Waals surface area contributed by atoms with E-state index in [1.54, 1.807) is 56.3 Å². The van der Waals surface area contributed by atoms with Crippen molar-refractivity contribution in [1.29, 1.82) is 0 Å². The van der Waals surface area contributed by atoms with E-state index in [9.17, 15) is 29.1 Å². The second-order valence-electron chi connectivity index (χ2n) is 12.1. The van der Waals surface area contributed by atoms with Gasteiger partial charge in [0.1, 0.15) is 24.0 Å². The van der Waals surface area contributed by atoms with E-state index in [2.05, 4.69) is 15.6 Å². The minimum absolute atomic E-state index is 0.225. The maximum absolute atomic E-state index is 14.3. The SMILES string of the molecule is CC(C)[C@H](NC(=O)c1ccccc1)C(=O)N(CC(=O)NC(CC(=O)O)C(=O)c1nc(-c2cc(Cl)cc(Cl)c2)co1)C1Cc2ccccc2C1. The fourth-order valence-electron chi connectivity index (χ4n) is 5.80. The van der Waals surface area contributed by atoms with Crippen molar-refractivity contribution in [2.75, 3.05) is 6.54 Å². The Labute approximate surface area is 292 Å². The molecule has 3 N–H and O–H groups in total. The minimum atomic E-state index is -1.56. The van der Waals surface area contributed by atoms with Crippen molar-refractivity contribution in [3.63, 3.8) is 0 Å². The van der Waals surface area contributed by atoms with Crippen LogP contribution in [-0.4, -0.2) is 69.1 Å². The number of hydrogen-bond donors (Lipinski definition) is 3. The molecule has 0 saturated heterocycles. The molecule has 2 atom stereocenters. The molecule has 0 saturated carbocycles. The number of halogens is 2. The first kappa shape index (κ1) is 35.3. The Balaban J connectivity index is 1.37. The van der Waals surface area contributed by atoms with Crippen molar-refractivity contribution in [3.05, 3.63) is 112 Å². The third-order valence-corrected chi connectivity index (χ3v) is 8.66. The van der Waals surface area contributed by atoms with E-state index >= 15 is 0 Å². The van der Waals surface area contributed by atoms with Crippen LogP contribution in [0.1, 0.15) is 52.4 Å². The molecule has 11 nitrogen and oxygen atoms in total. The van der Waals surface area contributed by atoms with E-state index in [4.69, 9.17) is 27.6 Å². The Kier molecular flexibility index (Phi) is 11.2. The van der Waals surface area contributed by atoms with Crippen LogP contribution in [0.4, 0.5) is 0 Å². The van der Waals surface area contributed by atoms with E-state index in [1.165, 1.54) is 17.2 Å². The third-order valence-electron chi connectivity index (χ3n) is 8.23. The Hall–Kier alpha value is -5.00. The van der Waals surface area contributed by atoms with Gasteiger partial charge in [0, 0.05) is 27.2 Å². The van der Waals surface area contributed by atoms with Gasteiger partial charge in [-0.15, -0.1) is 0 Å². The number of rotatable bonds is 13. The normalized spacial score (nSPS) is 13.7. The van der Waals surface area contributed by atoms with Gasteiger partial charge in [-0.2, -0.15) is 0 Å². The van der Waals surface area contributed by atoms with Crippen molar-refractivity contribution in [3.8, 4) is 11.3 Å². The molecule has 0 radical (unpaired) electrons. The van der Waals surface area contributed by atoms with Crippen molar-refractivity contribution in [1.82, 2.24) is 20.5 Å². The van der Waals surface area contributed by atoms with Gasteiger partial charge in [-0.1, -0.05) is 79.5 Å². The number of aromatic nitrogens is 1. The Morgan fingerprint density at radius 3 is 2.12 bits per heavy atom. The van der Waals surface area contributed by atoms with Crippen LogP contribution in [0.3, 0.4) is 0 Å². The van der Waals surface area contributed by atoms with E-state index in [0.717, 1.165) is 11.1 Å². The number of carboxylic acids is 1. The number of carboxylic acid groups (broad SMARTS) is 1. The van der Waals surface area contributed by atoms with Gasteiger partial charge in [0.25, 0.3) is 11.8 Å². The Morgan fingerprint density at radius 1 is 0.918 bits per heavy atom. The molecule has 0 spiro atoms. The van der Waals surface area contributed by atoms with Crippen LogP contribution in [0.5, 0.6) is 0 Å². The first-order valence-electron chi connectivity index (χ1n) is 15.6. The number of amides is 3. The highest BCUT2D eigenvalue weighted by molar-refractivity contribution is 6.35. The molecular formula is C36H34Cl2N4O7. The largest absolute Gasteiger partial charge is 0.481 e. The van der Waals surface area contributed by atoms with Gasteiger partial charge in [-0.05, 0) is 60.2 Å². The summed E-state index contributed by atoms with van der Waals surface area (Å²) in [7, 11) is 0. The molecule has 13 heteroatoms. The summed E-state index contributed by atoms with van der Waals surface area (Å²) >= 11 is 12.2. The zero-order valence-corrected chi connectivity index (χ0v) is 28.2. The van der Waals surface area contributed by atoms with Crippen molar-refractivity contribution in [2.24, 2.45) is 5.92 Å². The molecular weight excluding hydrogens is 671 g/mol. The lowest BCUT2D eigenvalue weighted by atomic mass is 10.00. The van der Waals surface area contributed by atoms with E-state index in [1.807, 2.05) is 24.3 Å². The molecule has 0 aliphatic heterocycles. The van der Waals surface area contributed by atoms with Crippen LogP contribution in [-0.2, 0) is 27.2 Å². The quantitative estimate of drug-likeness (QED) is 0.159. The molecule has 3 amide bonds. The summed E-state index contributed by atoms with van der Waals surface area (Å²) in [4.78, 5) is 71.8. The maximum Gasteiger partial charge on any atom is 0.305 e. The molecule has 1 aliphatic rings. The molecule has 1 aliphatic carbocycles. The summed E-state index contributed by atoms with van der Waals surface area (Å²) < 4.78 is 5.38. The van der Waals surface area contributed by atoms with Gasteiger partial charge in [-0.25, -0.2) is 4.98 Å². The van der Waals surface area contributed by atoms with Crippen LogP contribution < -0.4 is 10.6 Å². The Bertz CT molecular complexity index is 1830. The number of benzene rings is 3. The number of hydrogen-bond acceptors (Lipinski definition) is 7. The maximum atomic E-state index is 14.3. The summed E-state index contributed by atoms with van der Waals surface area (Å²) in [5, 5.41) is 15.6.